The highest BCUT2D eigenvalue weighted by Crippen LogP contribution is 2.32. The van der Waals surface area contributed by atoms with E-state index in [0.29, 0.717) is 10.0 Å². The van der Waals surface area contributed by atoms with Crippen molar-refractivity contribution in [2.45, 2.75) is 19.4 Å². The van der Waals surface area contributed by atoms with Crippen LogP contribution in [-0.4, -0.2) is 11.5 Å². The second kappa shape index (κ2) is 7.16. The lowest BCUT2D eigenvalue weighted by molar-refractivity contribution is 0.545. The molecule has 0 amide bonds. The molecule has 1 N–H and O–H groups in total. The fourth-order valence-electron chi connectivity index (χ4n) is 2.01. The molecule has 0 aliphatic carbocycles. The van der Waals surface area contributed by atoms with Crippen LogP contribution < -0.4 is 5.32 Å². The number of benzene rings is 1. The Bertz CT molecular complexity index is 578. The Morgan fingerprint density at radius 1 is 1.40 bits per heavy atom. The van der Waals surface area contributed by atoms with E-state index >= 15 is 0 Å². The zero-order valence-electron chi connectivity index (χ0n) is 11.0. The molecule has 2 nitrogen and oxygen atoms in total. The number of rotatable bonds is 5. The number of nitrogens with zero attached hydrogens (tertiary/aromatic N) is 1. The van der Waals surface area contributed by atoms with E-state index in [0.717, 1.165) is 18.5 Å². The van der Waals surface area contributed by atoms with Gasteiger partial charge in [0.15, 0.2) is 0 Å². The maximum Gasteiger partial charge on any atom is 0.148 e. The molecule has 0 aliphatic heterocycles. The van der Waals surface area contributed by atoms with Gasteiger partial charge in [-0.1, -0.05) is 30.7 Å². The van der Waals surface area contributed by atoms with Crippen LogP contribution in [0, 0.1) is 5.82 Å². The predicted octanol–water partition coefficient (Wildman–Crippen LogP) is 4.73. The lowest BCUT2D eigenvalue weighted by atomic mass is 9.99. The molecule has 106 valence electrons. The minimum atomic E-state index is -0.404. The molecule has 2 aromatic rings. The molecule has 1 aromatic heterocycles. The summed E-state index contributed by atoms with van der Waals surface area (Å²) < 4.78 is 15.0. The highest BCUT2D eigenvalue weighted by atomic mass is 79.9. The monoisotopic (exact) mass is 356 g/mol. The third-order valence-electron chi connectivity index (χ3n) is 2.99. The zero-order chi connectivity index (χ0) is 14.5. The van der Waals surface area contributed by atoms with Crippen LogP contribution in [-0.2, 0) is 0 Å². The molecule has 20 heavy (non-hydrogen) atoms. The molecular formula is C15H15BrClFN2. The molecule has 1 heterocycles. The summed E-state index contributed by atoms with van der Waals surface area (Å²) in [7, 11) is 0. The fourth-order valence-corrected chi connectivity index (χ4v) is 2.48. The summed E-state index contributed by atoms with van der Waals surface area (Å²) in [6, 6.07) is 7.02. The molecule has 5 heteroatoms. The Hall–Kier alpha value is -0.970. The van der Waals surface area contributed by atoms with Gasteiger partial charge in [-0.25, -0.2) is 4.39 Å². The summed E-state index contributed by atoms with van der Waals surface area (Å²) in [5, 5.41) is 3.44. The van der Waals surface area contributed by atoms with Gasteiger partial charge in [-0.2, -0.15) is 0 Å². The Morgan fingerprint density at radius 3 is 2.85 bits per heavy atom. The van der Waals surface area contributed by atoms with Crippen molar-refractivity contribution in [3.05, 3.63) is 63.1 Å². The largest absolute Gasteiger partial charge is 0.306 e. The first-order valence-corrected chi connectivity index (χ1v) is 7.59. The highest BCUT2D eigenvalue weighted by Gasteiger charge is 2.20. The molecule has 2 rings (SSSR count). The minimum Gasteiger partial charge on any atom is -0.306 e. The third-order valence-corrected chi connectivity index (χ3v) is 4.25. The van der Waals surface area contributed by atoms with Crippen LogP contribution in [0.4, 0.5) is 4.39 Å². The fraction of sp³-hybridized carbons (Fsp3) is 0.267. The van der Waals surface area contributed by atoms with Gasteiger partial charge in [0.2, 0.25) is 0 Å². The average Bonchev–Trinajstić information content (AvgIpc) is 2.48. The van der Waals surface area contributed by atoms with Crippen molar-refractivity contribution in [2.75, 3.05) is 6.54 Å². The first kappa shape index (κ1) is 15.4. The van der Waals surface area contributed by atoms with Gasteiger partial charge in [0.1, 0.15) is 5.82 Å². The minimum absolute atomic E-state index is 0.106. The van der Waals surface area contributed by atoms with Crippen molar-refractivity contribution < 1.29 is 4.39 Å². The number of hydrogen-bond acceptors (Lipinski definition) is 2. The number of aromatic nitrogens is 1. The molecule has 0 aliphatic rings. The quantitative estimate of drug-likeness (QED) is 0.783. The Labute approximate surface area is 131 Å². The number of pyridine rings is 1. The summed E-state index contributed by atoms with van der Waals surface area (Å²) in [6.07, 6.45) is 4.40. The van der Waals surface area contributed by atoms with Crippen molar-refractivity contribution in [3.8, 4) is 0 Å². The molecule has 0 radical (unpaired) electrons. The summed E-state index contributed by atoms with van der Waals surface area (Å²) in [4.78, 5) is 4.10. The van der Waals surface area contributed by atoms with Crippen molar-refractivity contribution in [1.29, 1.82) is 0 Å². The van der Waals surface area contributed by atoms with Gasteiger partial charge in [0, 0.05) is 22.4 Å². The van der Waals surface area contributed by atoms with Gasteiger partial charge in [-0.05, 0) is 46.6 Å². The summed E-state index contributed by atoms with van der Waals surface area (Å²) in [6.45, 7) is 2.85. The maximum atomic E-state index is 14.4. The van der Waals surface area contributed by atoms with E-state index in [-0.39, 0.29) is 11.1 Å². The van der Waals surface area contributed by atoms with Crippen LogP contribution in [0.5, 0.6) is 0 Å². The first-order valence-electron chi connectivity index (χ1n) is 6.41. The SMILES string of the molecule is CCCNC(c1cccnc1)c1ccc(Br)c(Cl)c1F. The topological polar surface area (TPSA) is 24.9 Å². The summed E-state index contributed by atoms with van der Waals surface area (Å²) in [5.74, 6) is -0.404. The predicted molar refractivity (Wildman–Crippen MR) is 83.5 cm³/mol. The van der Waals surface area contributed by atoms with Crippen molar-refractivity contribution in [1.82, 2.24) is 10.3 Å². The lowest BCUT2D eigenvalue weighted by Crippen LogP contribution is -2.24. The van der Waals surface area contributed by atoms with Gasteiger partial charge in [0.05, 0.1) is 11.1 Å². The molecule has 1 aromatic carbocycles. The van der Waals surface area contributed by atoms with Crippen LogP contribution in [0.25, 0.3) is 0 Å². The van der Waals surface area contributed by atoms with Gasteiger partial charge in [-0.3, -0.25) is 4.98 Å². The smallest absolute Gasteiger partial charge is 0.148 e. The maximum absolute atomic E-state index is 14.4. The van der Waals surface area contributed by atoms with E-state index in [2.05, 4.69) is 33.2 Å². The summed E-state index contributed by atoms with van der Waals surface area (Å²) >= 11 is 9.22. The molecule has 0 bridgehead atoms. The zero-order valence-corrected chi connectivity index (χ0v) is 13.4. The number of hydrogen-bond donors (Lipinski definition) is 1. The Balaban J connectivity index is 2.44. The number of nitrogens with one attached hydrogen (secondary N) is 1. The van der Waals surface area contributed by atoms with Crippen molar-refractivity contribution in [2.24, 2.45) is 0 Å². The standard InChI is InChI=1S/C15H15BrClFN2/c1-2-7-20-15(10-4-3-8-19-9-10)11-5-6-12(16)13(17)14(11)18/h3-6,8-9,15,20H,2,7H2,1H3. The van der Waals surface area contributed by atoms with Crippen molar-refractivity contribution >= 4 is 27.5 Å². The van der Waals surface area contributed by atoms with Crippen LogP contribution >= 0.6 is 27.5 Å². The Morgan fingerprint density at radius 2 is 2.20 bits per heavy atom. The first-order chi connectivity index (χ1) is 9.65. The van der Waals surface area contributed by atoms with E-state index in [4.69, 9.17) is 11.6 Å². The molecule has 1 atom stereocenters. The van der Waals surface area contributed by atoms with E-state index in [1.807, 2.05) is 12.1 Å². The lowest BCUT2D eigenvalue weighted by Gasteiger charge is -2.20. The second-order valence-corrected chi connectivity index (χ2v) is 5.67. The van der Waals surface area contributed by atoms with Gasteiger partial charge in [0.25, 0.3) is 0 Å². The highest BCUT2D eigenvalue weighted by molar-refractivity contribution is 9.10. The normalized spacial score (nSPS) is 12.4. The Kier molecular flexibility index (Phi) is 5.52. The third kappa shape index (κ3) is 3.37. The number of halogens is 3. The van der Waals surface area contributed by atoms with E-state index in [9.17, 15) is 4.39 Å². The molecule has 0 saturated carbocycles. The van der Waals surface area contributed by atoms with E-state index < -0.39 is 5.82 Å². The van der Waals surface area contributed by atoms with Crippen LogP contribution in [0.3, 0.4) is 0 Å². The second-order valence-electron chi connectivity index (χ2n) is 4.44. The van der Waals surface area contributed by atoms with E-state index in [1.165, 1.54) is 0 Å². The summed E-state index contributed by atoms with van der Waals surface area (Å²) in [5.41, 5.74) is 1.44. The molecular weight excluding hydrogens is 343 g/mol. The van der Waals surface area contributed by atoms with E-state index in [1.54, 1.807) is 24.5 Å². The molecule has 1 unspecified atom stereocenters. The van der Waals surface area contributed by atoms with Gasteiger partial charge in [-0.15, -0.1) is 0 Å². The van der Waals surface area contributed by atoms with Crippen LogP contribution in [0.2, 0.25) is 5.02 Å². The van der Waals surface area contributed by atoms with Crippen LogP contribution in [0.15, 0.2) is 41.1 Å². The van der Waals surface area contributed by atoms with Crippen molar-refractivity contribution in [3.63, 3.8) is 0 Å². The molecule has 0 saturated heterocycles. The molecule has 0 spiro atoms. The van der Waals surface area contributed by atoms with Gasteiger partial charge < -0.3 is 5.32 Å². The average molecular weight is 358 g/mol. The molecule has 0 fully saturated rings. The van der Waals surface area contributed by atoms with Gasteiger partial charge >= 0.3 is 0 Å². The van der Waals surface area contributed by atoms with Crippen LogP contribution in [0.1, 0.15) is 30.5 Å².